The van der Waals surface area contributed by atoms with Crippen molar-refractivity contribution in [2.75, 3.05) is 0 Å². The summed E-state index contributed by atoms with van der Waals surface area (Å²) < 4.78 is 40.7. The molecule has 0 saturated heterocycles. The van der Waals surface area contributed by atoms with Crippen LogP contribution >= 0.6 is 0 Å². The fourth-order valence-corrected chi connectivity index (χ4v) is 2.28. The number of rotatable bonds is 2. The summed E-state index contributed by atoms with van der Waals surface area (Å²) in [5.74, 6) is 0. The molecule has 0 radical (unpaired) electrons. The van der Waals surface area contributed by atoms with Crippen molar-refractivity contribution in [2.45, 2.75) is 13.1 Å². The third kappa shape index (κ3) is 2.94. The van der Waals surface area contributed by atoms with Gasteiger partial charge in [0.15, 0.2) is 0 Å². The standard InChI is InChI=1S/C16H13F3N4O/c1-10-7-14(11-3-5-12(6-4-11)16(17,18)19)21-23(15(10)24)13-8-20-22(2)9-13/h3-9H,1-2H3. The highest BCUT2D eigenvalue weighted by molar-refractivity contribution is 5.60. The van der Waals surface area contributed by atoms with Crippen LogP contribution in [0.25, 0.3) is 16.9 Å². The average Bonchev–Trinajstić information content (AvgIpc) is 2.95. The lowest BCUT2D eigenvalue weighted by atomic mass is 10.1. The average molecular weight is 334 g/mol. The molecule has 0 saturated carbocycles. The number of hydrogen-bond donors (Lipinski definition) is 0. The van der Waals surface area contributed by atoms with Crippen molar-refractivity contribution in [3.63, 3.8) is 0 Å². The SMILES string of the molecule is Cc1cc(-c2ccc(C(F)(F)F)cc2)nn(-c2cnn(C)c2)c1=O. The monoisotopic (exact) mass is 334 g/mol. The van der Waals surface area contributed by atoms with Crippen LogP contribution in [0.3, 0.4) is 0 Å². The van der Waals surface area contributed by atoms with Crippen molar-refractivity contribution < 1.29 is 13.2 Å². The predicted octanol–water partition coefficient (Wildman–Crippen LogP) is 2.96. The molecule has 0 amide bonds. The van der Waals surface area contributed by atoms with Crippen LogP contribution in [0.2, 0.25) is 0 Å². The summed E-state index contributed by atoms with van der Waals surface area (Å²) in [6.07, 6.45) is -1.27. The van der Waals surface area contributed by atoms with E-state index in [-0.39, 0.29) is 5.56 Å². The second-order valence-corrected chi connectivity index (χ2v) is 5.38. The Kier molecular flexibility index (Phi) is 3.75. The minimum atomic E-state index is -4.39. The maximum absolute atomic E-state index is 12.7. The van der Waals surface area contributed by atoms with Crippen molar-refractivity contribution in [1.82, 2.24) is 19.6 Å². The molecule has 24 heavy (non-hydrogen) atoms. The Morgan fingerprint density at radius 2 is 1.79 bits per heavy atom. The third-order valence-corrected chi connectivity index (χ3v) is 3.53. The Morgan fingerprint density at radius 1 is 1.12 bits per heavy atom. The highest BCUT2D eigenvalue weighted by Crippen LogP contribution is 2.30. The first kappa shape index (κ1) is 16.0. The van der Waals surface area contributed by atoms with Crippen LogP contribution in [-0.4, -0.2) is 19.6 Å². The van der Waals surface area contributed by atoms with Gasteiger partial charge in [-0.1, -0.05) is 12.1 Å². The molecule has 0 aliphatic carbocycles. The first-order valence-corrected chi connectivity index (χ1v) is 7.03. The van der Waals surface area contributed by atoms with Gasteiger partial charge in [-0.05, 0) is 25.1 Å². The smallest absolute Gasteiger partial charge is 0.274 e. The normalized spacial score (nSPS) is 11.7. The second kappa shape index (κ2) is 5.63. The van der Waals surface area contributed by atoms with Crippen molar-refractivity contribution in [3.8, 4) is 16.9 Å². The number of alkyl halides is 3. The van der Waals surface area contributed by atoms with Crippen molar-refractivity contribution in [2.24, 2.45) is 7.05 Å². The molecule has 0 spiro atoms. The Bertz CT molecular complexity index is 939. The number of halogens is 3. The molecule has 0 bridgehead atoms. The first-order chi connectivity index (χ1) is 11.3. The van der Waals surface area contributed by atoms with Gasteiger partial charge in [0.25, 0.3) is 5.56 Å². The largest absolute Gasteiger partial charge is 0.416 e. The number of hydrogen-bond acceptors (Lipinski definition) is 3. The van der Waals surface area contributed by atoms with Crippen LogP contribution in [0.4, 0.5) is 13.2 Å². The summed E-state index contributed by atoms with van der Waals surface area (Å²) in [5.41, 5.74) is 0.777. The van der Waals surface area contributed by atoms with E-state index in [0.29, 0.717) is 22.5 Å². The van der Waals surface area contributed by atoms with E-state index in [4.69, 9.17) is 0 Å². The van der Waals surface area contributed by atoms with Crippen LogP contribution in [0, 0.1) is 6.92 Å². The van der Waals surface area contributed by atoms with Gasteiger partial charge in [-0.25, -0.2) is 0 Å². The molecule has 8 heteroatoms. The Hall–Kier alpha value is -2.90. The maximum atomic E-state index is 12.7. The number of aryl methyl sites for hydroxylation is 2. The van der Waals surface area contributed by atoms with Crippen LogP contribution in [0.15, 0.2) is 47.5 Å². The van der Waals surface area contributed by atoms with Gasteiger partial charge in [-0.3, -0.25) is 9.48 Å². The molecule has 3 rings (SSSR count). The molecular formula is C16H13F3N4O. The van der Waals surface area contributed by atoms with Gasteiger partial charge >= 0.3 is 6.18 Å². The van der Waals surface area contributed by atoms with E-state index in [1.807, 2.05) is 0 Å². The molecule has 0 N–H and O–H groups in total. The molecule has 0 aliphatic rings. The molecule has 0 fully saturated rings. The van der Waals surface area contributed by atoms with E-state index in [1.54, 1.807) is 26.2 Å². The maximum Gasteiger partial charge on any atom is 0.416 e. The zero-order valence-corrected chi connectivity index (χ0v) is 12.9. The zero-order chi connectivity index (χ0) is 17.5. The highest BCUT2D eigenvalue weighted by atomic mass is 19.4. The summed E-state index contributed by atoms with van der Waals surface area (Å²) in [6, 6.07) is 6.21. The molecular weight excluding hydrogens is 321 g/mol. The Balaban J connectivity index is 2.09. The third-order valence-electron chi connectivity index (χ3n) is 3.53. The molecule has 5 nitrogen and oxygen atoms in total. The van der Waals surface area contributed by atoms with Crippen molar-refractivity contribution in [3.05, 3.63) is 64.2 Å². The van der Waals surface area contributed by atoms with E-state index in [9.17, 15) is 18.0 Å². The molecule has 0 atom stereocenters. The number of aromatic nitrogens is 4. The fraction of sp³-hybridized carbons (Fsp3) is 0.188. The summed E-state index contributed by atoms with van der Waals surface area (Å²) in [5, 5.41) is 8.25. The van der Waals surface area contributed by atoms with Gasteiger partial charge < -0.3 is 0 Å². The minimum Gasteiger partial charge on any atom is -0.274 e. The van der Waals surface area contributed by atoms with E-state index >= 15 is 0 Å². The Labute approximate surface area is 135 Å². The molecule has 2 heterocycles. The predicted molar refractivity (Wildman–Crippen MR) is 81.8 cm³/mol. The highest BCUT2D eigenvalue weighted by Gasteiger charge is 2.30. The van der Waals surface area contributed by atoms with E-state index in [1.165, 1.54) is 27.7 Å². The number of nitrogens with zero attached hydrogens (tertiary/aromatic N) is 4. The summed E-state index contributed by atoms with van der Waals surface area (Å²) in [4.78, 5) is 12.3. The summed E-state index contributed by atoms with van der Waals surface area (Å²) in [7, 11) is 1.71. The van der Waals surface area contributed by atoms with Gasteiger partial charge in [0, 0.05) is 18.2 Å². The van der Waals surface area contributed by atoms with E-state index in [2.05, 4.69) is 10.2 Å². The van der Waals surface area contributed by atoms with Crippen LogP contribution in [0.1, 0.15) is 11.1 Å². The Morgan fingerprint density at radius 3 is 2.33 bits per heavy atom. The van der Waals surface area contributed by atoms with Crippen molar-refractivity contribution >= 4 is 0 Å². The molecule has 0 aliphatic heterocycles. The van der Waals surface area contributed by atoms with Crippen LogP contribution < -0.4 is 5.56 Å². The van der Waals surface area contributed by atoms with Gasteiger partial charge in [-0.2, -0.15) is 28.1 Å². The second-order valence-electron chi connectivity index (χ2n) is 5.38. The van der Waals surface area contributed by atoms with Gasteiger partial charge in [0.1, 0.15) is 5.69 Å². The molecule has 0 unspecified atom stereocenters. The molecule has 3 aromatic rings. The topological polar surface area (TPSA) is 52.7 Å². The molecule has 2 aromatic heterocycles. The first-order valence-electron chi connectivity index (χ1n) is 7.03. The summed E-state index contributed by atoms with van der Waals surface area (Å²) in [6.45, 7) is 1.63. The van der Waals surface area contributed by atoms with Crippen LogP contribution in [-0.2, 0) is 13.2 Å². The molecule has 124 valence electrons. The van der Waals surface area contributed by atoms with Crippen molar-refractivity contribution in [1.29, 1.82) is 0 Å². The van der Waals surface area contributed by atoms with Gasteiger partial charge in [0.05, 0.1) is 23.7 Å². The minimum absolute atomic E-state index is 0.307. The van der Waals surface area contributed by atoms with Gasteiger partial charge in [0.2, 0.25) is 0 Å². The quantitative estimate of drug-likeness (QED) is 0.724. The van der Waals surface area contributed by atoms with Gasteiger partial charge in [-0.15, -0.1) is 0 Å². The fourth-order valence-electron chi connectivity index (χ4n) is 2.28. The lowest BCUT2D eigenvalue weighted by Crippen LogP contribution is -2.23. The van der Waals surface area contributed by atoms with E-state index < -0.39 is 11.7 Å². The summed E-state index contributed by atoms with van der Waals surface area (Å²) >= 11 is 0. The zero-order valence-electron chi connectivity index (χ0n) is 12.9. The molecule has 1 aromatic carbocycles. The van der Waals surface area contributed by atoms with Crippen LogP contribution in [0.5, 0.6) is 0 Å². The van der Waals surface area contributed by atoms with E-state index in [0.717, 1.165) is 12.1 Å². The lowest BCUT2D eigenvalue weighted by Gasteiger charge is -2.09. The number of benzene rings is 1. The lowest BCUT2D eigenvalue weighted by molar-refractivity contribution is -0.137.